The van der Waals surface area contributed by atoms with Gasteiger partial charge < -0.3 is 20.7 Å². The number of benzene rings is 1. The molecule has 0 radical (unpaired) electrons. The minimum absolute atomic E-state index is 0.0232. The van der Waals surface area contributed by atoms with Crippen LogP contribution in [-0.4, -0.2) is 42.5 Å². The quantitative estimate of drug-likeness (QED) is 0.765. The Hall–Kier alpha value is -2.08. The molecule has 3 N–H and O–H groups in total. The number of nitrogens with one attached hydrogen (secondary N) is 1. The Morgan fingerprint density at radius 1 is 1.26 bits per heavy atom. The van der Waals surface area contributed by atoms with E-state index in [1.807, 2.05) is 27.7 Å². The molecule has 6 heteroatoms. The number of nitrogens with two attached hydrogens (primary N) is 1. The second kappa shape index (κ2) is 9.15. The van der Waals surface area contributed by atoms with Crippen LogP contribution >= 0.6 is 0 Å². The summed E-state index contributed by atoms with van der Waals surface area (Å²) in [5.74, 6) is 0.283. The van der Waals surface area contributed by atoms with Crippen molar-refractivity contribution in [2.75, 3.05) is 25.0 Å². The maximum Gasteiger partial charge on any atom is 0.260 e. The monoisotopic (exact) mass is 321 g/mol. The van der Waals surface area contributed by atoms with E-state index in [2.05, 4.69) is 5.32 Å². The lowest BCUT2D eigenvalue weighted by Crippen LogP contribution is -2.39. The summed E-state index contributed by atoms with van der Waals surface area (Å²) in [6.45, 7) is 8.92. The zero-order valence-corrected chi connectivity index (χ0v) is 14.3. The van der Waals surface area contributed by atoms with Crippen molar-refractivity contribution in [3.05, 3.63) is 24.3 Å². The molecule has 2 amide bonds. The van der Waals surface area contributed by atoms with Crippen LogP contribution in [0.5, 0.6) is 5.75 Å². The maximum absolute atomic E-state index is 12.0. The van der Waals surface area contributed by atoms with Crippen molar-refractivity contribution >= 4 is 17.5 Å². The number of hydrogen-bond donors (Lipinski definition) is 2. The summed E-state index contributed by atoms with van der Waals surface area (Å²) in [4.78, 5) is 25.6. The molecule has 0 saturated carbocycles. The Morgan fingerprint density at radius 2 is 1.91 bits per heavy atom. The van der Waals surface area contributed by atoms with Crippen LogP contribution < -0.4 is 15.8 Å². The number of likely N-dealkylation sites (N-methyl/N-ethyl adjacent to an activating group) is 1. The summed E-state index contributed by atoms with van der Waals surface area (Å²) in [6, 6.07) is 6.37. The van der Waals surface area contributed by atoms with E-state index < -0.39 is 6.04 Å². The van der Waals surface area contributed by atoms with Gasteiger partial charge in [-0.05, 0) is 31.9 Å². The maximum atomic E-state index is 12.0. The van der Waals surface area contributed by atoms with Crippen molar-refractivity contribution in [3.8, 4) is 5.75 Å². The summed E-state index contributed by atoms with van der Waals surface area (Å²) >= 11 is 0. The average Bonchev–Trinajstić information content (AvgIpc) is 2.53. The highest BCUT2D eigenvalue weighted by Gasteiger charge is 2.17. The molecule has 1 atom stereocenters. The molecule has 1 rings (SSSR count). The average molecular weight is 321 g/mol. The first-order valence-corrected chi connectivity index (χ1v) is 7.96. The Bertz CT molecular complexity index is 528. The largest absolute Gasteiger partial charge is 0.484 e. The van der Waals surface area contributed by atoms with E-state index in [9.17, 15) is 9.59 Å². The number of amides is 2. The fourth-order valence-electron chi connectivity index (χ4n) is 2.00. The van der Waals surface area contributed by atoms with Crippen molar-refractivity contribution in [2.24, 2.45) is 11.7 Å². The van der Waals surface area contributed by atoms with Gasteiger partial charge in [-0.15, -0.1) is 0 Å². The number of carbonyl (C=O) groups excluding carboxylic acids is 2. The summed E-state index contributed by atoms with van der Waals surface area (Å²) in [7, 11) is 0. The standard InChI is InChI=1S/C17H27N3O3/c1-5-20(6-2)15(21)11-23-14-9-7-8-13(10-14)19-17(22)16(18)12(3)4/h7-10,12,16H,5-6,11,18H2,1-4H3,(H,19,22)/t16-/m0/s1. The lowest BCUT2D eigenvalue weighted by atomic mass is 10.0. The van der Waals surface area contributed by atoms with Crippen molar-refractivity contribution in [3.63, 3.8) is 0 Å². The topological polar surface area (TPSA) is 84.7 Å². The van der Waals surface area contributed by atoms with Gasteiger partial charge in [0.15, 0.2) is 6.61 Å². The summed E-state index contributed by atoms with van der Waals surface area (Å²) in [6.07, 6.45) is 0. The van der Waals surface area contributed by atoms with Crippen molar-refractivity contribution in [1.82, 2.24) is 4.90 Å². The van der Waals surface area contributed by atoms with E-state index in [4.69, 9.17) is 10.5 Å². The smallest absolute Gasteiger partial charge is 0.260 e. The second-order valence-electron chi connectivity index (χ2n) is 5.64. The number of nitrogens with zero attached hydrogens (tertiary/aromatic N) is 1. The molecule has 1 aromatic carbocycles. The Balaban J connectivity index is 2.63. The molecule has 128 valence electrons. The predicted molar refractivity (Wildman–Crippen MR) is 91.3 cm³/mol. The SMILES string of the molecule is CCN(CC)C(=O)COc1cccc(NC(=O)[C@@H](N)C(C)C)c1. The Kier molecular flexibility index (Phi) is 7.54. The van der Waals surface area contributed by atoms with E-state index in [0.29, 0.717) is 24.5 Å². The number of anilines is 1. The van der Waals surface area contributed by atoms with Crippen LogP contribution in [0.2, 0.25) is 0 Å². The van der Waals surface area contributed by atoms with Crippen molar-refractivity contribution in [2.45, 2.75) is 33.7 Å². The molecular formula is C17H27N3O3. The van der Waals surface area contributed by atoms with Crippen LogP contribution in [0.25, 0.3) is 0 Å². The third-order valence-electron chi connectivity index (χ3n) is 3.60. The molecular weight excluding hydrogens is 294 g/mol. The van der Waals surface area contributed by atoms with Crippen molar-refractivity contribution in [1.29, 1.82) is 0 Å². The third-order valence-corrected chi connectivity index (χ3v) is 3.60. The fraction of sp³-hybridized carbons (Fsp3) is 0.529. The zero-order chi connectivity index (χ0) is 17.4. The van der Waals surface area contributed by atoms with Gasteiger partial charge in [0, 0.05) is 24.8 Å². The van der Waals surface area contributed by atoms with Crippen LogP contribution in [0.4, 0.5) is 5.69 Å². The van der Waals surface area contributed by atoms with Crippen LogP contribution in [0.1, 0.15) is 27.7 Å². The van der Waals surface area contributed by atoms with Crippen LogP contribution in [-0.2, 0) is 9.59 Å². The van der Waals surface area contributed by atoms with Gasteiger partial charge in [-0.2, -0.15) is 0 Å². The van der Waals surface area contributed by atoms with Gasteiger partial charge >= 0.3 is 0 Å². The molecule has 23 heavy (non-hydrogen) atoms. The molecule has 0 aliphatic rings. The minimum atomic E-state index is -0.566. The normalized spacial score (nSPS) is 11.9. The molecule has 0 aromatic heterocycles. The molecule has 0 unspecified atom stereocenters. The van der Waals surface area contributed by atoms with E-state index >= 15 is 0 Å². The van der Waals surface area contributed by atoms with E-state index in [-0.39, 0.29) is 24.3 Å². The lowest BCUT2D eigenvalue weighted by molar-refractivity contribution is -0.133. The van der Waals surface area contributed by atoms with Gasteiger partial charge in [0.2, 0.25) is 5.91 Å². The highest BCUT2D eigenvalue weighted by molar-refractivity contribution is 5.95. The summed E-state index contributed by atoms with van der Waals surface area (Å²) in [5.41, 5.74) is 6.41. The number of carbonyl (C=O) groups is 2. The molecule has 0 heterocycles. The first-order chi connectivity index (χ1) is 10.9. The molecule has 0 spiro atoms. The van der Waals surface area contributed by atoms with Crippen LogP contribution in [0.3, 0.4) is 0 Å². The van der Waals surface area contributed by atoms with Crippen molar-refractivity contribution < 1.29 is 14.3 Å². The highest BCUT2D eigenvalue weighted by Crippen LogP contribution is 2.18. The van der Waals surface area contributed by atoms with Gasteiger partial charge in [-0.25, -0.2) is 0 Å². The number of ether oxygens (including phenoxy) is 1. The van der Waals surface area contributed by atoms with E-state index in [0.717, 1.165) is 0 Å². The van der Waals surface area contributed by atoms with E-state index in [1.165, 1.54) is 0 Å². The highest BCUT2D eigenvalue weighted by atomic mass is 16.5. The molecule has 0 aliphatic heterocycles. The van der Waals surface area contributed by atoms with Gasteiger partial charge in [0.1, 0.15) is 5.75 Å². The first kappa shape index (κ1) is 19.0. The van der Waals surface area contributed by atoms with E-state index in [1.54, 1.807) is 29.2 Å². The zero-order valence-electron chi connectivity index (χ0n) is 14.3. The van der Waals surface area contributed by atoms with Gasteiger partial charge in [0.25, 0.3) is 5.91 Å². The Morgan fingerprint density at radius 3 is 2.48 bits per heavy atom. The minimum Gasteiger partial charge on any atom is -0.484 e. The Labute approximate surface area is 138 Å². The predicted octanol–water partition coefficient (Wildman–Crippen LogP) is 1.86. The van der Waals surface area contributed by atoms with Crippen LogP contribution in [0, 0.1) is 5.92 Å². The number of hydrogen-bond acceptors (Lipinski definition) is 4. The summed E-state index contributed by atoms with van der Waals surface area (Å²) < 4.78 is 5.51. The molecule has 0 fully saturated rings. The molecule has 6 nitrogen and oxygen atoms in total. The molecule has 1 aromatic rings. The second-order valence-corrected chi connectivity index (χ2v) is 5.64. The van der Waals surface area contributed by atoms with Gasteiger partial charge in [-0.3, -0.25) is 9.59 Å². The fourth-order valence-corrected chi connectivity index (χ4v) is 2.00. The molecule has 0 bridgehead atoms. The molecule has 0 aliphatic carbocycles. The van der Waals surface area contributed by atoms with Gasteiger partial charge in [0.05, 0.1) is 6.04 Å². The van der Waals surface area contributed by atoms with Gasteiger partial charge in [-0.1, -0.05) is 19.9 Å². The van der Waals surface area contributed by atoms with Crippen LogP contribution in [0.15, 0.2) is 24.3 Å². The number of rotatable bonds is 8. The lowest BCUT2D eigenvalue weighted by Gasteiger charge is -2.19. The molecule has 0 saturated heterocycles. The summed E-state index contributed by atoms with van der Waals surface area (Å²) in [5, 5.41) is 2.76. The first-order valence-electron chi connectivity index (χ1n) is 7.96. The third kappa shape index (κ3) is 5.90.